The second-order valence-corrected chi connectivity index (χ2v) is 6.67. The van der Waals surface area contributed by atoms with Crippen molar-refractivity contribution in [3.05, 3.63) is 25.6 Å². The van der Waals surface area contributed by atoms with Crippen LogP contribution in [0, 0.1) is 0 Å². The standard InChI is InChI=1S/C9H9Br3N4OS/c10-4-1-5(11)8(6(12)2-4)15-7(17)3-18-9(13)16-14/h1-2H,3,14H2,(H2,13,16)(H,15,17). The van der Waals surface area contributed by atoms with Crippen LogP contribution in [0.2, 0.25) is 0 Å². The monoisotopic (exact) mass is 458 g/mol. The van der Waals surface area contributed by atoms with Gasteiger partial charge in [0.05, 0.1) is 11.4 Å². The smallest absolute Gasteiger partial charge is 0.234 e. The molecule has 1 rings (SSSR count). The fourth-order valence-corrected chi connectivity index (χ4v) is 3.90. The van der Waals surface area contributed by atoms with Crippen molar-refractivity contribution >= 4 is 76.3 Å². The predicted octanol–water partition coefficient (Wildman–Crippen LogP) is 2.83. The number of hydrazone groups is 1. The van der Waals surface area contributed by atoms with Gasteiger partial charge in [0.25, 0.3) is 0 Å². The molecule has 0 atom stereocenters. The first-order valence-electron chi connectivity index (χ1n) is 4.54. The number of benzene rings is 1. The van der Waals surface area contributed by atoms with Crippen LogP contribution < -0.4 is 16.9 Å². The zero-order valence-corrected chi connectivity index (χ0v) is 14.5. The quantitative estimate of drug-likeness (QED) is 0.280. The van der Waals surface area contributed by atoms with Gasteiger partial charge in [-0.1, -0.05) is 27.7 Å². The Bertz CT molecular complexity index is 472. The Labute approximate surface area is 134 Å². The molecule has 1 aromatic carbocycles. The molecule has 0 saturated carbocycles. The van der Waals surface area contributed by atoms with Crippen LogP contribution in [0.4, 0.5) is 5.69 Å². The Morgan fingerprint density at radius 3 is 2.39 bits per heavy atom. The molecular weight excluding hydrogens is 452 g/mol. The van der Waals surface area contributed by atoms with Gasteiger partial charge < -0.3 is 16.9 Å². The largest absolute Gasteiger partial charge is 0.377 e. The molecule has 0 spiro atoms. The lowest BCUT2D eigenvalue weighted by Gasteiger charge is -2.10. The molecule has 18 heavy (non-hydrogen) atoms. The SMILES string of the molecule is NN=C(N)SCC(=O)Nc1c(Br)cc(Br)cc1Br. The number of halogens is 3. The third kappa shape index (κ3) is 4.79. The van der Waals surface area contributed by atoms with Gasteiger partial charge in [0.2, 0.25) is 5.91 Å². The molecule has 0 aliphatic carbocycles. The molecule has 0 fully saturated rings. The Hall–Kier alpha value is -0.250. The van der Waals surface area contributed by atoms with Crippen molar-refractivity contribution in [3.8, 4) is 0 Å². The van der Waals surface area contributed by atoms with Gasteiger partial charge in [-0.2, -0.15) is 5.10 Å². The molecule has 1 aromatic rings. The number of carbonyl (C=O) groups excluding carboxylic acids is 1. The van der Waals surface area contributed by atoms with E-state index in [9.17, 15) is 4.79 Å². The number of nitrogens with one attached hydrogen (secondary N) is 1. The average Bonchev–Trinajstić information content (AvgIpc) is 2.30. The summed E-state index contributed by atoms with van der Waals surface area (Å²) in [7, 11) is 0. The highest BCUT2D eigenvalue weighted by atomic mass is 79.9. The van der Waals surface area contributed by atoms with Crippen molar-refractivity contribution in [1.82, 2.24) is 0 Å². The van der Waals surface area contributed by atoms with Gasteiger partial charge >= 0.3 is 0 Å². The molecule has 0 heterocycles. The van der Waals surface area contributed by atoms with Crippen molar-refractivity contribution in [3.63, 3.8) is 0 Å². The maximum absolute atomic E-state index is 11.7. The summed E-state index contributed by atoms with van der Waals surface area (Å²) in [5.41, 5.74) is 6.04. The van der Waals surface area contributed by atoms with Gasteiger partial charge in [-0.05, 0) is 44.0 Å². The second-order valence-electron chi connectivity index (χ2n) is 3.05. The Balaban J connectivity index is 2.71. The number of carbonyl (C=O) groups is 1. The zero-order valence-electron chi connectivity index (χ0n) is 8.91. The van der Waals surface area contributed by atoms with Crippen molar-refractivity contribution in [1.29, 1.82) is 0 Å². The highest BCUT2D eigenvalue weighted by Gasteiger charge is 2.11. The van der Waals surface area contributed by atoms with Crippen molar-refractivity contribution in [2.45, 2.75) is 0 Å². The summed E-state index contributed by atoms with van der Waals surface area (Å²) in [6.45, 7) is 0. The minimum Gasteiger partial charge on any atom is -0.377 e. The number of hydrogen-bond acceptors (Lipinski definition) is 4. The van der Waals surface area contributed by atoms with E-state index in [4.69, 9.17) is 11.6 Å². The van der Waals surface area contributed by atoms with Crippen LogP contribution >= 0.6 is 59.6 Å². The van der Waals surface area contributed by atoms with Crippen LogP contribution in [0.3, 0.4) is 0 Å². The van der Waals surface area contributed by atoms with Crippen LogP contribution in [0.5, 0.6) is 0 Å². The van der Waals surface area contributed by atoms with E-state index >= 15 is 0 Å². The van der Waals surface area contributed by atoms with Crippen LogP contribution in [-0.4, -0.2) is 16.8 Å². The summed E-state index contributed by atoms with van der Waals surface area (Å²) in [6, 6.07) is 3.67. The lowest BCUT2D eigenvalue weighted by molar-refractivity contribution is -0.113. The third-order valence-electron chi connectivity index (χ3n) is 1.75. The molecule has 0 aliphatic heterocycles. The van der Waals surface area contributed by atoms with E-state index in [2.05, 4.69) is 58.2 Å². The van der Waals surface area contributed by atoms with Crippen molar-refractivity contribution < 1.29 is 4.79 Å². The Morgan fingerprint density at radius 1 is 1.33 bits per heavy atom. The normalized spacial score (nSPS) is 11.4. The average molecular weight is 461 g/mol. The topological polar surface area (TPSA) is 93.5 Å². The molecule has 1 amide bonds. The van der Waals surface area contributed by atoms with E-state index in [-0.39, 0.29) is 16.8 Å². The fraction of sp³-hybridized carbons (Fsp3) is 0.111. The molecule has 5 nitrogen and oxygen atoms in total. The molecule has 0 saturated heterocycles. The minimum atomic E-state index is -0.199. The molecule has 0 unspecified atom stereocenters. The highest BCUT2D eigenvalue weighted by molar-refractivity contribution is 9.11. The maximum Gasteiger partial charge on any atom is 0.234 e. The number of rotatable bonds is 3. The summed E-state index contributed by atoms with van der Waals surface area (Å²) >= 11 is 11.2. The number of amidine groups is 1. The summed E-state index contributed by atoms with van der Waals surface area (Å²) < 4.78 is 2.43. The van der Waals surface area contributed by atoms with Gasteiger partial charge in [-0.3, -0.25) is 4.79 Å². The fourth-order valence-electron chi connectivity index (χ4n) is 1.01. The molecule has 0 aliphatic rings. The van der Waals surface area contributed by atoms with Gasteiger partial charge in [-0.15, -0.1) is 0 Å². The van der Waals surface area contributed by atoms with Gasteiger partial charge in [0, 0.05) is 13.4 Å². The van der Waals surface area contributed by atoms with Gasteiger partial charge in [-0.25, -0.2) is 0 Å². The van der Waals surface area contributed by atoms with E-state index in [1.807, 2.05) is 12.1 Å². The number of anilines is 1. The molecule has 0 bridgehead atoms. The van der Waals surface area contributed by atoms with E-state index in [1.54, 1.807) is 0 Å². The van der Waals surface area contributed by atoms with E-state index in [0.717, 1.165) is 25.2 Å². The van der Waals surface area contributed by atoms with Gasteiger partial charge in [0.15, 0.2) is 5.17 Å². The first-order chi connectivity index (χ1) is 8.43. The highest BCUT2D eigenvalue weighted by Crippen LogP contribution is 2.34. The number of thioether (sulfide) groups is 1. The van der Waals surface area contributed by atoms with E-state index in [1.165, 1.54) is 0 Å². The molecule has 9 heteroatoms. The second kappa shape index (κ2) is 7.37. The number of nitrogens with zero attached hydrogens (tertiary/aromatic N) is 1. The van der Waals surface area contributed by atoms with Gasteiger partial charge in [0.1, 0.15) is 0 Å². The van der Waals surface area contributed by atoms with Crippen LogP contribution in [0.25, 0.3) is 0 Å². The first-order valence-corrected chi connectivity index (χ1v) is 7.91. The molecule has 5 N–H and O–H groups in total. The summed E-state index contributed by atoms with van der Waals surface area (Å²) in [6.07, 6.45) is 0. The summed E-state index contributed by atoms with van der Waals surface area (Å²) in [5.74, 6) is 4.91. The van der Waals surface area contributed by atoms with E-state index < -0.39 is 0 Å². The first kappa shape index (κ1) is 15.8. The zero-order chi connectivity index (χ0) is 13.7. The van der Waals surface area contributed by atoms with Crippen molar-refractivity contribution in [2.24, 2.45) is 16.7 Å². The lowest BCUT2D eigenvalue weighted by atomic mass is 10.3. The Morgan fingerprint density at radius 2 is 1.89 bits per heavy atom. The number of hydrogen-bond donors (Lipinski definition) is 3. The van der Waals surface area contributed by atoms with E-state index in [0.29, 0.717) is 5.69 Å². The van der Waals surface area contributed by atoms with Crippen LogP contribution in [0.1, 0.15) is 0 Å². The molecular formula is C9H9Br3N4OS. The molecule has 98 valence electrons. The molecule has 0 radical (unpaired) electrons. The summed E-state index contributed by atoms with van der Waals surface area (Å²) in [5, 5.41) is 6.19. The molecule has 0 aromatic heterocycles. The number of nitrogens with two attached hydrogens (primary N) is 2. The van der Waals surface area contributed by atoms with Crippen LogP contribution in [-0.2, 0) is 4.79 Å². The van der Waals surface area contributed by atoms with Crippen LogP contribution in [0.15, 0.2) is 30.7 Å². The minimum absolute atomic E-state index is 0.140. The summed E-state index contributed by atoms with van der Waals surface area (Å²) in [4.78, 5) is 11.7. The van der Waals surface area contributed by atoms with Crippen molar-refractivity contribution in [2.75, 3.05) is 11.1 Å². The Kier molecular flexibility index (Phi) is 6.47. The lowest BCUT2D eigenvalue weighted by Crippen LogP contribution is -2.19. The third-order valence-corrected chi connectivity index (χ3v) is 4.27. The maximum atomic E-state index is 11.7. The predicted molar refractivity (Wildman–Crippen MR) is 86.4 cm³/mol. The number of amides is 1.